The first kappa shape index (κ1) is 15.3. The molecule has 0 aliphatic carbocycles. The number of benzene rings is 1. The molecular formula is C15H15F3N2O. The fourth-order valence-electron chi connectivity index (χ4n) is 2.09. The molecule has 0 bridgehead atoms. The van der Waals surface area contributed by atoms with E-state index in [1.807, 2.05) is 0 Å². The molecule has 1 atom stereocenters. The monoisotopic (exact) mass is 296 g/mol. The van der Waals surface area contributed by atoms with Gasteiger partial charge in [0.25, 0.3) is 0 Å². The minimum absolute atomic E-state index is 0.0841. The van der Waals surface area contributed by atoms with Crippen LogP contribution >= 0.6 is 0 Å². The van der Waals surface area contributed by atoms with E-state index in [0.29, 0.717) is 5.88 Å². The fourth-order valence-corrected chi connectivity index (χ4v) is 2.09. The molecule has 0 aliphatic heterocycles. The van der Waals surface area contributed by atoms with Crippen molar-refractivity contribution in [3.8, 4) is 5.88 Å². The van der Waals surface area contributed by atoms with E-state index in [9.17, 15) is 13.2 Å². The number of nitrogens with zero attached hydrogens (tertiary/aromatic N) is 1. The lowest BCUT2D eigenvalue weighted by atomic mass is 9.96. The molecule has 0 saturated carbocycles. The molecule has 1 unspecified atom stereocenters. The summed E-state index contributed by atoms with van der Waals surface area (Å²) in [6, 6.07) is 7.99. The van der Waals surface area contributed by atoms with E-state index in [1.54, 1.807) is 24.4 Å². The summed E-state index contributed by atoms with van der Waals surface area (Å²) in [5, 5.41) is 0. The van der Waals surface area contributed by atoms with Crippen LogP contribution in [0.1, 0.15) is 22.7 Å². The number of pyridine rings is 1. The predicted octanol–water partition coefficient (Wildman–Crippen LogP) is 3.35. The van der Waals surface area contributed by atoms with Crippen molar-refractivity contribution < 1.29 is 17.9 Å². The number of hydrogen-bond acceptors (Lipinski definition) is 3. The van der Waals surface area contributed by atoms with E-state index < -0.39 is 17.8 Å². The molecule has 0 amide bonds. The lowest BCUT2D eigenvalue weighted by Crippen LogP contribution is -2.19. The summed E-state index contributed by atoms with van der Waals surface area (Å²) in [7, 11) is 1.49. The Balaban J connectivity index is 2.22. The molecule has 1 aromatic heterocycles. The van der Waals surface area contributed by atoms with E-state index in [2.05, 4.69) is 4.98 Å². The topological polar surface area (TPSA) is 48.1 Å². The van der Waals surface area contributed by atoms with Crippen molar-refractivity contribution >= 4 is 0 Å². The summed E-state index contributed by atoms with van der Waals surface area (Å²) in [5.74, 6) is 0.447. The lowest BCUT2D eigenvalue weighted by molar-refractivity contribution is -0.138. The molecule has 21 heavy (non-hydrogen) atoms. The maximum Gasteiger partial charge on any atom is 0.416 e. The predicted molar refractivity (Wildman–Crippen MR) is 72.9 cm³/mol. The summed E-state index contributed by atoms with van der Waals surface area (Å²) in [6.07, 6.45) is -2.59. The molecule has 112 valence electrons. The fraction of sp³-hybridized carbons (Fsp3) is 0.267. The first-order chi connectivity index (χ1) is 9.91. The van der Waals surface area contributed by atoms with Crippen LogP contribution in [0.25, 0.3) is 0 Å². The van der Waals surface area contributed by atoms with Gasteiger partial charge in [-0.1, -0.05) is 24.3 Å². The zero-order valence-corrected chi connectivity index (χ0v) is 11.4. The Kier molecular flexibility index (Phi) is 4.47. The highest BCUT2D eigenvalue weighted by atomic mass is 19.4. The van der Waals surface area contributed by atoms with Gasteiger partial charge >= 0.3 is 6.18 Å². The maximum absolute atomic E-state index is 13.0. The van der Waals surface area contributed by atoms with E-state index >= 15 is 0 Å². The van der Waals surface area contributed by atoms with Crippen LogP contribution < -0.4 is 10.5 Å². The van der Waals surface area contributed by atoms with Gasteiger partial charge in [-0.15, -0.1) is 0 Å². The van der Waals surface area contributed by atoms with Crippen molar-refractivity contribution in [2.75, 3.05) is 7.11 Å². The van der Waals surface area contributed by atoms with Crippen LogP contribution in [0.2, 0.25) is 0 Å². The molecule has 0 radical (unpaired) electrons. The molecule has 0 spiro atoms. The smallest absolute Gasteiger partial charge is 0.416 e. The molecule has 2 rings (SSSR count). The Morgan fingerprint density at radius 3 is 2.48 bits per heavy atom. The maximum atomic E-state index is 13.0. The minimum Gasteiger partial charge on any atom is -0.481 e. The van der Waals surface area contributed by atoms with Gasteiger partial charge in [-0.3, -0.25) is 0 Å². The van der Waals surface area contributed by atoms with Crippen molar-refractivity contribution in [2.45, 2.75) is 18.6 Å². The van der Waals surface area contributed by atoms with Crippen molar-refractivity contribution in [2.24, 2.45) is 5.73 Å². The van der Waals surface area contributed by atoms with Gasteiger partial charge in [0.1, 0.15) is 0 Å². The average Bonchev–Trinajstić information content (AvgIpc) is 2.47. The van der Waals surface area contributed by atoms with E-state index in [4.69, 9.17) is 10.5 Å². The molecule has 1 aromatic carbocycles. The van der Waals surface area contributed by atoms with Crippen LogP contribution in [0.5, 0.6) is 5.88 Å². The first-order valence-electron chi connectivity index (χ1n) is 6.32. The number of aromatic nitrogens is 1. The number of alkyl halides is 3. The van der Waals surface area contributed by atoms with Crippen molar-refractivity contribution in [1.29, 1.82) is 0 Å². The molecule has 0 saturated heterocycles. The Labute approximate surface area is 120 Å². The quantitative estimate of drug-likeness (QED) is 0.941. The first-order valence-corrected chi connectivity index (χ1v) is 6.32. The molecule has 6 heteroatoms. The lowest BCUT2D eigenvalue weighted by Gasteiger charge is -2.18. The second-order valence-corrected chi connectivity index (χ2v) is 4.60. The normalized spacial score (nSPS) is 13.0. The summed E-state index contributed by atoms with van der Waals surface area (Å²) < 4.78 is 43.8. The minimum atomic E-state index is -4.41. The van der Waals surface area contributed by atoms with Crippen molar-refractivity contribution in [3.05, 3.63) is 59.3 Å². The van der Waals surface area contributed by atoms with Crippen molar-refractivity contribution in [3.63, 3.8) is 0 Å². The Bertz CT molecular complexity index is 597. The van der Waals surface area contributed by atoms with Gasteiger partial charge in [0, 0.05) is 18.3 Å². The van der Waals surface area contributed by atoms with Crippen LogP contribution in [0.15, 0.2) is 42.6 Å². The molecule has 3 nitrogen and oxygen atoms in total. The van der Waals surface area contributed by atoms with Gasteiger partial charge in [0.2, 0.25) is 5.88 Å². The molecule has 0 aliphatic rings. The zero-order valence-electron chi connectivity index (χ0n) is 11.4. The zero-order chi connectivity index (χ0) is 15.5. The molecular weight excluding hydrogens is 281 g/mol. The summed E-state index contributed by atoms with van der Waals surface area (Å²) in [6.45, 7) is 0. The van der Waals surface area contributed by atoms with Crippen LogP contribution in [0.3, 0.4) is 0 Å². The summed E-state index contributed by atoms with van der Waals surface area (Å²) >= 11 is 0. The third kappa shape index (κ3) is 3.72. The van der Waals surface area contributed by atoms with Crippen LogP contribution in [-0.4, -0.2) is 12.1 Å². The number of halogens is 3. The van der Waals surface area contributed by atoms with Crippen LogP contribution in [0, 0.1) is 0 Å². The van der Waals surface area contributed by atoms with Crippen LogP contribution in [0.4, 0.5) is 13.2 Å². The summed E-state index contributed by atoms with van der Waals surface area (Å²) in [5.41, 5.74) is 6.07. The van der Waals surface area contributed by atoms with Crippen molar-refractivity contribution in [1.82, 2.24) is 4.98 Å². The second kappa shape index (κ2) is 6.13. The highest BCUT2D eigenvalue weighted by Crippen LogP contribution is 2.34. The Morgan fingerprint density at radius 1 is 1.19 bits per heavy atom. The van der Waals surface area contributed by atoms with Gasteiger partial charge in [-0.25, -0.2) is 4.98 Å². The van der Waals surface area contributed by atoms with Gasteiger partial charge in [-0.2, -0.15) is 13.2 Å². The number of methoxy groups -OCH3 is 1. The Morgan fingerprint density at radius 2 is 1.90 bits per heavy atom. The number of nitrogens with two attached hydrogens (primary N) is 1. The molecule has 2 aromatic rings. The third-order valence-corrected chi connectivity index (χ3v) is 3.13. The average molecular weight is 296 g/mol. The number of ether oxygens (including phenoxy) is 1. The standard InChI is InChI=1S/C15H15F3N2O/c1-21-14-7-6-10(9-20-14)8-13(19)11-4-2-3-5-12(11)15(16,17)18/h2-7,9,13H,8,19H2,1H3. The Hall–Kier alpha value is -2.08. The second-order valence-electron chi connectivity index (χ2n) is 4.60. The van der Waals surface area contributed by atoms with Crippen LogP contribution in [-0.2, 0) is 12.6 Å². The van der Waals surface area contributed by atoms with Gasteiger partial charge in [0.05, 0.1) is 12.7 Å². The highest BCUT2D eigenvalue weighted by molar-refractivity contribution is 5.33. The van der Waals surface area contributed by atoms with E-state index in [1.165, 1.54) is 19.2 Å². The van der Waals surface area contributed by atoms with E-state index in [0.717, 1.165) is 11.6 Å². The summed E-state index contributed by atoms with van der Waals surface area (Å²) in [4.78, 5) is 4.02. The number of rotatable bonds is 4. The largest absolute Gasteiger partial charge is 0.481 e. The molecule has 1 heterocycles. The van der Waals surface area contributed by atoms with E-state index in [-0.39, 0.29) is 12.0 Å². The van der Waals surface area contributed by atoms with Gasteiger partial charge < -0.3 is 10.5 Å². The van der Waals surface area contributed by atoms with Gasteiger partial charge in [-0.05, 0) is 23.6 Å². The molecule has 2 N–H and O–H groups in total. The van der Waals surface area contributed by atoms with Gasteiger partial charge in [0.15, 0.2) is 0 Å². The number of hydrogen-bond donors (Lipinski definition) is 1. The molecule has 0 fully saturated rings. The SMILES string of the molecule is COc1ccc(CC(N)c2ccccc2C(F)(F)F)cn1. The highest BCUT2D eigenvalue weighted by Gasteiger charge is 2.34. The third-order valence-electron chi connectivity index (χ3n) is 3.13.